The van der Waals surface area contributed by atoms with Crippen molar-refractivity contribution in [3.63, 3.8) is 0 Å². The van der Waals surface area contributed by atoms with Gasteiger partial charge in [-0.25, -0.2) is 0 Å². The molecule has 15 rings (SSSR count). The predicted octanol–water partition coefficient (Wildman–Crippen LogP) is 21.0. The van der Waals surface area contributed by atoms with Crippen LogP contribution < -0.4 is 0 Å². The highest BCUT2D eigenvalue weighted by Crippen LogP contribution is 2.52. The fourth-order valence-electron chi connectivity index (χ4n) is 12.3. The van der Waals surface area contributed by atoms with E-state index in [4.69, 9.17) is 0 Å². The smallest absolute Gasteiger partial charge is 0.0434 e. The van der Waals surface area contributed by atoms with Gasteiger partial charge in [0.15, 0.2) is 0 Å². The summed E-state index contributed by atoms with van der Waals surface area (Å²) in [5, 5.41) is 17.7. The van der Waals surface area contributed by atoms with E-state index in [1.54, 1.807) is 0 Å². The van der Waals surface area contributed by atoms with Gasteiger partial charge < -0.3 is 0 Å². The quantitative estimate of drug-likeness (QED) is 0.146. The number of hydrogen-bond acceptors (Lipinski definition) is 1. The zero-order valence-electron chi connectivity index (χ0n) is 39.8. The zero-order chi connectivity index (χ0) is 48.0. The molecule has 0 aliphatic rings. The lowest BCUT2D eigenvalue weighted by molar-refractivity contribution is 1.63. The molecule has 0 aliphatic carbocycles. The van der Waals surface area contributed by atoms with Crippen LogP contribution in [0.25, 0.3) is 152 Å². The number of benzene rings is 14. The third-order valence-corrected chi connectivity index (χ3v) is 16.7. The second-order valence-electron chi connectivity index (χ2n) is 19.4. The number of hydrogen-bond donors (Lipinski definition) is 0. The van der Waals surface area contributed by atoms with Gasteiger partial charge in [-0.2, -0.15) is 0 Å². The van der Waals surface area contributed by atoms with Crippen molar-refractivity contribution in [1.29, 1.82) is 0 Å². The minimum atomic E-state index is 1.22. The molecule has 0 fully saturated rings. The van der Waals surface area contributed by atoms with E-state index in [1.165, 1.54) is 152 Å². The van der Waals surface area contributed by atoms with E-state index in [0.29, 0.717) is 0 Å². The van der Waals surface area contributed by atoms with Crippen molar-refractivity contribution in [2.24, 2.45) is 0 Å². The molecule has 0 saturated carbocycles. The van der Waals surface area contributed by atoms with Gasteiger partial charge in [-0.1, -0.05) is 261 Å². The minimum absolute atomic E-state index is 1.22. The molecule has 0 N–H and O–H groups in total. The highest BCUT2D eigenvalue weighted by atomic mass is 32.1. The van der Waals surface area contributed by atoms with Crippen molar-refractivity contribution >= 4 is 96.1 Å². The lowest BCUT2D eigenvalue weighted by Gasteiger charge is -2.19. The Balaban J connectivity index is 0.905. The van der Waals surface area contributed by atoms with Gasteiger partial charge in [-0.15, -0.1) is 11.3 Å². The van der Waals surface area contributed by atoms with Crippen LogP contribution in [0.3, 0.4) is 0 Å². The van der Waals surface area contributed by atoms with E-state index in [1.807, 2.05) is 11.3 Å². The second-order valence-corrected chi connectivity index (χ2v) is 20.4. The molecule has 14 aromatic carbocycles. The minimum Gasteiger partial charge on any atom is -0.135 e. The molecular formula is C72H44S. The largest absolute Gasteiger partial charge is 0.135 e. The maximum Gasteiger partial charge on any atom is 0.0434 e. The molecule has 1 heterocycles. The Morgan fingerprint density at radius 1 is 0.192 bits per heavy atom. The van der Waals surface area contributed by atoms with Crippen molar-refractivity contribution in [2.75, 3.05) is 0 Å². The average molecular weight is 941 g/mol. The molecule has 0 amide bonds. The molecular weight excluding hydrogens is 897 g/mol. The Labute approximate surface area is 427 Å². The first-order valence-corrected chi connectivity index (χ1v) is 26.1. The summed E-state index contributed by atoms with van der Waals surface area (Å²) >= 11 is 1.92. The van der Waals surface area contributed by atoms with Crippen molar-refractivity contribution in [2.45, 2.75) is 0 Å². The second kappa shape index (κ2) is 16.7. The van der Waals surface area contributed by atoms with Gasteiger partial charge in [0.1, 0.15) is 0 Å². The Morgan fingerprint density at radius 2 is 0.493 bits per heavy atom. The molecule has 73 heavy (non-hydrogen) atoms. The Morgan fingerprint density at radius 3 is 0.945 bits per heavy atom. The molecule has 0 nitrogen and oxygen atoms in total. The van der Waals surface area contributed by atoms with Crippen LogP contribution in [0.15, 0.2) is 267 Å². The van der Waals surface area contributed by atoms with Gasteiger partial charge in [-0.3, -0.25) is 0 Å². The molecule has 15 aromatic rings. The number of rotatable bonds is 6. The average Bonchev–Trinajstić information content (AvgIpc) is 3.86. The van der Waals surface area contributed by atoms with Crippen LogP contribution in [0.2, 0.25) is 0 Å². The van der Waals surface area contributed by atoms with Crippen LogP contribution in [-0.2, 0) is 0 Å². The summed E-state index contributed by atoms with van der Waals surface area (Å²) in [6.45, 7) is 0. The molecule has 0 atom stereocenters. The van der Waals surface area contributed by atoms with E-state index in [-0.39, 0.29) is 0 Å². The first kappa shape index (κ1) is 41.6. The summed E-state index contributed by atoms with van der Waals surface area (Å²) in [6.07, 6.45) is 0. The summed E-state index contributed by atoms with van der Waals surface area (Å²) in [7, 11) is 0. The van der Waals surface area contributed by atoms with Crippen LogP contribution in [-0.4, -0.2) is 0 Å². The van der Waals surface area contributed by atoms with Gasteiger partial charge in [0, 0.05) is 25.7 Å². The third-order valence-electron chi connectivity index (χ3n) is 15.5. The summed E-state index contributed by atoms with van der Waals surface area (Å²) in [6, 6.07) is 99.2. The standard InChI is InChI=1S/C72H44S/c1-3-21-51-45(17-1)19-13-31-53(51)47-37-41-49(42-38-47)67-55-23-5-9-27-59(55)69(60-28-10-6-24-56(60)67)63-33-16-36-66-71(63)65-35-15-34-64(72(65)73-66)70-61-29-11-7-25-57(61)68(58-26-8-12-30-62(58)70)50-43-39-48(40-44-50)54-32-14-20-46-18-2-4-22-52(46)54/h1-44H. The molecule has 1 heteroatoms. The van der Waals surface area contributed by atoms with E-state index >= 15 is 0 Å². The molecule has 0 aliphatic heterocycles. The molecule has 338 valence electrons. The van der Waals surface area contributed by atoms with Crippen LogP contribution >= 0.6 is 11.3 Å². The van der Waals surface area contributed by atoms with Crippen molar-refractivity contribution in [3.8, 4) is 66.8 Å². The SMILES string of the molecule is c1ccc2c(-c3ccc(-c4c5ccccc5c(-c5cccc6c5sc5cccc(-c7c8ccccc8c(-c8ccc(-c9cccc%10ccccc9%10)cc8)c8ccccc78)c56)c5ccccc45)cc3)cccc2c1. The van der Waals surface area contributed by atoms with E-state index in [0.717, 1.165) is 0 Å². The van der Waals surface area contributed by atoms with E-state index in [9.17, 15) is 0 Å². The molecule has 0 saturated heterocycles. The van der Waals surface area contributed by atoms with Crippen molar-refractivity contribution in [1.82, 2.24) is 0 Å². The summed E-state index contributed by atoms with van der Waals surface area (Å²) in [4.78, 5) is 0. The fourth-order valence-corrected chi connectivity index (χ4v) is 13.5. The third kappa shape index (κ3) is 6.53. The molecule has 0 radical (unpaired) electrons. The summed E-state index contributed by atoms with van der Waals surface area (Å²) in [5.74, 6) is 0. The fraction of sp³-hybridized carbons (Fsp3) is 0. The molecule has 0 unspecified atom stereocenters. The van der Waals surface area contributed by atoms with Gasteiger partial charge in [0.25, 0.3) is 0 Å². The first-order chi connectivity index (χ1) is 36.2. The Bertz CT molecular complexity index is 4580. The van der Waals surface area contributed by atoms with Gasteiger partial charge in [0.2, 0.25) is 0 Å². The first-order valence-electron chi connectivity index (χ1n) is 25.2. The Hall–Kier alpha value is -9.14. The Kier molecular flexibility index (Phi) is 9.55. The van der Waals surface area contributed by atoms with E-state index < -0.39 is 0 Å². The maximum atomic E-state index is 2.36. The highest BCUT2D eigenvalue weighted by molar-refractivity contribution is 7.26. The normalized spacial score (nSPS) is 11.8. The molecule has 0 bridgehead atoms. The highest BCUT2D eigenvalue weighted by Gasteiger charge is 2.23. The van der Waals surface area contributed by atoms with Crippen LogP contribution in [0, 0.1) is 0 Å². The van der Waals surface area contributed by atoms with Crippen LogP contribution in [0.4, 0.5) is 0 Å². The molecule has 0 spiro atoms. The number of fused-ring (bicyclic) bond motifs is 9. The van der Waals surface area contributed by atoms with Gasteiger partial charge >= 0.3 is 0 Å². The topological polar surface area (TPSA) is 0 Å². The number of thiophene rings is 1. The summed E-state index contributed by atoms with van der Waals surface area (Å²) < 4.78 is 2.60. The summed E-state index contributed by atoms with van der Waals surface area (Å²) in [5.41, 5.74) is 15.0. The van der Waals surface area contributed by atoms with Gasteiger partial charge in [0.05, 0.1) is 0 Å². The predicted molar refractivity (Wildman–Crippen MR) is 317 cm³/mol. The van der Waals surface area contributed by atoms with Crippen molar-refractivity contribution in [3.05, 3.63) is 267 Å². The zero-order valence-corrected chi connectivity index (χ0v) is 40.6. The van der Waals surface area contributed by atoms with Crippen LogP contribution in [0.1, 0.15) is 0 Å². The monoisotopic (exact) mass is 940 g/mol. The molecule has 1 aromatic heterocycles. The van der Waals surface area contributed by atoms with Crippen LogP contribution in [0.5, 0.6) is 0 Å². The van der Waals surface area contributed by atoms with E-state index in [2.05, 4.69) is 267 Å². The van der Waals surface area contributed by atoms with Crippen molar-refractivity contribution < 1.29 is 0 Å². The lowest BCUT2D eigenvalue weighted by Crippen LogP contribution is -1.92. The maximum absolute atomic E-state index is 2.36. The van der Waals surface area contributed by atoms with Gasteiger partial charge in [-0.05, 0) is 132 Å². The lowest BCUT2D eigenvalue weighted by atomic mass is 9.84.